The van der Waals surface area contributed by atoms with Crippen molar-refractivity contribution in [3.63, 3.8) is 0 Å². The third kappa shape index (κ3) is 2.53. The fourth-order valence-electron chi connectivity index (χ4n) is 0.875. The summed E-state index contributed by atoms with van der Waals surface area (Å²) in [5, 5.41) is 10.6. The molecule has 78 valence electrons. The van der Waals surface area contributed by atoms with E-state index in [1.54, 1.807) is 31.8 Å². The van der Waals surface area contributed by atoms with Gasteiger partial charge in [0.1, 0.15) is 0 Å². The summed E-state index contributed by atoms with van der Waals surface area (Å²) >= 11 is 0. The van der Waals surface area contributed by atoms with Gasteiger partial charge in [-0.15, -0.1) is 5.10 Å². The molecule has 0 saturated carbocycles. The van der Waals surface area contributed by atoms with Crippen molar-refractivity contribution in [2.75, 3.05) is 0 Å². The van der Waals surface area contributed by atoms with Crippen LogP contribution in [0.15, 0.2) is 6.20 Å². The molecule has 3 N–H and O–H groups in total. The Morgan fingerprint density at radius 2 is 2.36 bits per heavy atom. The summed E-state index contributed by atoms with van der Waals surface area (Å²) in [6, 6.07) is 0. The van der Waals surface area contributed by atoms with Gasteiger partial charge in [0.25, 0.3) is 0 Å². The molecule has 0 bridgehead atoms. The van der Waals surface area contributed by atoms with Gasteiger partial charge in [0, 0.05) is 19.8 Å². The van der Waals surface area contributed by atoms with Crippen molar-refractivity contribution in [1.82, 2.24) is 20.3 Å². The summed E-state index contributed by atoms with van der Waals surface area (Å²) in [7, 11) is 1.79. The van der Waals surface area contributed by atoms with Gasteiger partial charge in [0.2, 0.25) is 5.91 Å². The fraction of sp³-hybridized carbons (Fsp3) is 0.625. The molecule has 1 amide bonds. The molecule has 1 rings (SSSR count). The summed E-state index contributed by atoms with van der Waals surface area (Å²) in [6.45, 7) is 3.93. The number of nitrogens with two attached hydrogens (primary N) is 1. The number of aryl methyl sites for hydroxylation is 1. The lowest BCUT2D eigenvalue weighted by atomic mass is 10.1. The second-order valence-corrected chi connectivity index (χ2v) is 3.73. The fourth-order valence-corrected chi connectivity index (χ4v) is 0.875. The van der Waals surface area contributed by atoms with Gasteiger partial charge >= 0.3 is 0 Å². The summed E-state index contributed by atoms with van der Waals surface area (Å²) in [4.78, 5) is 11.0. The third-order valence-electron chi connectivity index (χ3n) is 1.98. The highest BCUT2D eigenvalue weighted by molar-refractivity contribution is 5.83. The lowest BCUT2D eigenvalue weighted by Crippen LogP contribution is -2.50. The van der Waals surface area contributed by atoms with E-state index in [-0.39, 0.29) is 5.91 Å². The van der Waals surface area contributed by atoms with Crippen molar-refractivity contribution < 1.29 is 4.79 Å². The maximum absolute atomic E-state index is 11.0. The molecule has 0 spiro atoms. The molecular weight excluding hydrogens is 182 g/mol. The van der Waals surface area contributed by atoms with Crippen LogP contribution >= 0.6 is 0 Å². The van der Waals surface area contributed by atoms with Gasteiger partial charge in [0.15, 0.2) is 0 Å². The molecule has 1 aromatic rings. The molecule has 0 fully saturated rings. The van der Waals surface area contributed by atoms with Crippen LogP contribution in [0.1, 0.15) is 19.5 Å². The first-order chi connectivity index (χ1) is 6.42. The normalized spacial score (nSPS) is 11.6. The van der Waals surface area contributed by atoms with Crippen LogP contribution in [0.25, 0.3) is 0 Å². The van der Waals surface area contributed by atoms with E-state index >= 15 is 0 Å². The number of nitrogens with zero attached hydrogens (tertiary/aromatic N) is 3. The Morgan fingerprint density at radius 3 is 2.79 bits per heavy atom. The second kappa shape index (κ2) is 3.75. The Hall–Kier alpha value is -1.43. The van der Waals surface area contributed by atoms with E-state index in [0.29, 0.717) is 6.54 Å². The minimum atomic E-state index is -0.725. The van der Waals surface area contributed by atoms with Gasteiger partial charge in [-0.2, -0.15) is 0 Å². The smallest absolute Gasteiger partial charge is 0.237 e. The zero-order valence-corrected chi connectivity index (χ0v) is 8.61. The molecule has 0 aliphatic carbocycles. The third-order valence-corrected chi connectivity index (χ3v) is 1.98. The predicted molar refractivity (Wildman–Crippen MR) is 51.1 cm³/mol. The Labute approximate surface area is 82.5 Å². The molecule has 0 aliphatic rings. The highest BCUT2D eigenvalue weighted by Gasteiger charge is 2.23. The number of primary amides is 1. The van der Waals surface area contributed by atoms with E-state index in [1.165, 1.54) is 0 Å². The van der Waals surface area contributed by atoms with Crippen molar-refractivity contribution in [2.45, 2.75) is 25.9 Å². The molecule has 14 heavy (non-hydrogen) atoms. The van der Waals surface area contributed by atoms with Gasteiger partial charge in [-0.25, -0.2) is 0 Å². The topological polar surface area (TPSA) is 85.8 Å². The lowest BCUT2D eigenvalue weighted by molar-refractivity contribution is -0.123. The number of hydrogen-bond acceptors (Lipinski definition) is 4. The van der Waals surface area contributed by atoms with Gasteiger partial charge in [-0.3, -0.25) is 14.8 Å². The number of carbonyl (C=O) groups is 1. The summed E-state index contributed by atoms with van der Waals surface area (Å²) in [5.41, 5.74) is 5.25. The maximum Gasteiger partial charge on any atom is 0.237 e. The average Bonchev–Trinajstić information content (AvgIpc) is 2.48. The van der Waals surface area contributed by atoms with Crippen LogP contribution in [0, 0.1) is 0 Å². The van der Waals surface area contributed by atoms with E-state index in [1.807, 2.05) is 0 Å². The van der Waals surface area contributed by atoms with Gasteiger partial charge in [-0.1, -0.05) is 5.21 Å². The van der Waals surface area contributed by atoms with Crippen LogP contribution in [0.4, 0.5) is 0 Å². The van der Waals surface area contributed by atoms with Crippen molar-refractivity contribution in [3.05, 3.63) is 11.9 Å². The van der Waals surface area contributed by atoms with Crippen molar-refractivity contribution >= 4 is 5.91 Å². The van der Waals surface area contributed by atoms with Crippen molar-refractivity contribution in [3.8, 4) is 0 Å². The van der Waals surface area contributed by atoms with Gasteiger partial charge in [0.05, 0.1) is 11.2 Å². The van der Waals surface area contributed by atoms with E-state index < -0.39 is 5.54 Å². The molecule has 0 aromatic carbocycles. The Morgan fingerprint density at radius 1 is 1.71 bits per heavy atom. The predicted octanol–water partition coefficient (Wildman–Crippen LogP) is -0.831. The van der Waals surface area contributed by atoms with Crippen LogP contribution in [-0.2, 0) is 18.4 Å². The molecule has 6 heteroatoms. The van der Waals surface area contributed by atoms with Crippen LogP contribution in [0.5, 0.6) is 0 Å². The molecule has 0 saturated heterocycles. The van der Waals surface area contributed by atoms with E-state index in [0.717, 1.165) is 5.69 Å². The number of aromatic nitrogens is 3. The van der Waals surface area contributed by atoms with Gasteiger partial charge < -0.3 is 5.73 Å². The van der Waals surface area contributed by atoms with E-state index in [4.69, 9.17) is 5.73 Å². The molecule has 0 unspecified atom stereocenters. The quantitative estimate of drug-likeness (QED) is 0.659. The first-order valence-electron chi connectivity index (χ1n) is 4.32. The minimum Gasteiger partial charge on any atom is -0.368 e. The molecule has 6 nitrogen and oxygen atoms in total. The molecular formula is C8H15N5O. The van der Waals surface area contributed by atoms with Crippen LogP contribution in [0.2, 0.25) is 0 Å². The minimum absolute atomic E-state index is 0.388. The number of amides is 1. The molecule has 1 aromatic heterocycles. The Bertz CT molecular complexity index is 330. The largest absolute Gasteiger partial charge is 0.368 e. The van der Waals surface area contributed by atoms with E-state index in [9.17, 15) is 4.79 Å². The molecule has 1 heterocycles. The first kappa shape index (κ1) is 10.6. The highest BCUT2D eigenvalue weighted by Crippen LogP contribution is 2.02. The molecule has 0 atom stereocenters. The Balaban J connectivity index is 2.52. The summed E-state index contributed by atoms with van der Waals surface area (Å²) in [6.07, 6.45) is 1.78. The van der Waals surface area contributed by atoms with Crippen LogP contribution in [0.3, 0.4) is 0 Å². The maximum atomic E-state index is 11.0. The molecule has 0 radical (unpaired) electrons. The number of nitrogens with one attached hydrogen (secondary N) is 1. The van der Waals surface area contributed by atoms with Crippen molar-refractivity contribution in [2.24, 2.45) is 12.8 Å². The highest BCUT2D eigenvalue weighted by atomic mass is 16.1. The zero-order valence-electron chi connectivity index (χ0n) is 8.61. The van der Waals surface area contributed by atoms with Crippen LogP contribution < -0.4 is 11.1 Å². The van der Waals surface area contributed by atoms with Gasteiger partial charge in [-0.05, 0) is 13.8 Å². The number of carbonyl (C=O) groups excluding carboxylic acids is 1. The Kier molecular flexibility index (Phi) is 2.85. The van der Waals surface area contributed by atoms with Crippen LogP contribution in [-0.4, -0.2) is 26.4 Å². The summed E-state index contributed by atoms with van der Waals surface area (Å²) < 4.78 is 1.61. The summed E-state index contributed by atoms with van der Waals surface area (Å²) in [5.74, 6) is -0.388. The average molecular weight is 197 g/mol. The first-order valence-corrected chi connectivity index (χ1v) is 4.32. The van der Waals surface area contributed by atoms with E-state index in [2.05, 4.69) is 15.6 Å². The second-order valence-electron chi connectivity index (χ2n) is 3.73. The monoisotopic (exact) mass is 197 g/mol. The SMILES string of the molecule is Cn1cc(CNC(C)(C)C(N)=O)nn1. The van der Waals surface area contributed by atoms with Crippen molar-refractivity contribution in [1.29, 1.82) is 0 Å². The number of hydrogen-bond donors (Lipinski definition) is 2. The standard InChI is InChI=1S/C8H15N5O/c1-8(2,7(9)14)10-4-6-5-13(3)12-11-6/h5,10H,4H2,1-3H3,(H2,9,14). The molecule has 0 aliphatic heterocycles. The number of rotatable bonds is 4. The zero-order chi connectivity index (χ0) is 10.8. The lowest BCUT2D eigenvalue weighted by Gasteiger charge is -2.21.